The van der Waals surface area contributed by atoms with E-state index in [2.05, 4.69) is 53.1 Å². The number of benzene rings is 3. The van der Waals surface area contributed by atoms with Crippen LogP contribution in [0.15, 0.2) is 90.1 Å². The summed E-state index contributed by atoms with van der Waals surface area (Å²) in [7, 11) is 0.366. The predicted octanol–water partition coefficient (Wildman–Crippen LogP) is 5.96. The number of aryl methyl sites for hydroxylation is 1. The lowest BCUT2D eigenvalue weighted by Crippen LogP contribution is -2.46. The molecule has 1 N–H and O–H groups in total. The van der Waals surface area contributed by atoms with Gasteiger partial charge in [-0.1, -0.05) is 60.2 Å². The molecule has 49 heavy (non-hydrogen) atoms. The number of pyridine rings is 1. The Morgan fingerprint density at radius 2 is 1.53 bits per heavy atom. The van der Waals surface area contributed by atoms with Gasteiger partial charge in [0, 0.05) is 67.0 Å². The maximum atomic E-state index is 14.0. The van der Waals surface area contributed by atoms with Crippen LogP contribution in [-0.4, -0.2) is 90.0 Å². The van der Waals surface area contributed by atoms with Gasteiger partial charge in [-0.2, -0.15) is 0 Å². The quantitative estimate of drug-likeness (QED) is 0.228. The SMILES string of the molecule is Cc1ccc(S(=O)(=O)n2cc(-c3ccc(C(O)C4CN(C)C4)cc3)c3cc(-c4ccc5c(c4)CCN(C4CCN(C)CC4)C5)cnc32)cc1. The maximum absolute atomic E-state index is 14.0. The number of piperidine rings is 1. The molecule has 2 fully saturated rings. The van der Waals surface area contributed by atoms with Gasteiger partial charge in [0.15, 0.2) is 5.65 Å². The van der Waals surface area contributed by atoms with Gasteiger partial charge < -0.3 is 14.9 Å². The second-order valence-electron chi connectivity index (χ2n) is 14.5. The summed E-state index contributed by atoms with van der Waals surface area (Å²) in [4.78, 5) is 12.3. The number of fused-ring (bicyclic) bond motifs is 2. The third-order valence-electron chi connectivity index (χ3n) is 11.1. The molecule has 1 unspecified atom stereocenters. The summed E-state index contributed by atoms with van der Waals surface area (Å²) in [5.74, 6) is 0.221. The van der Waals surface area contributed by atoms with Gasteiger partial charge in [0.25, 0.3) is 10.0 Å². The van der Waals surface area contributed by atoms with Crippen LogP contribution in [-0.2, 0) is 23.0 Å². The normalized spacial score (nSPS) is 19.2. The molecule has 0 radical (unpaired) electrons. The minimum absolute atomic E-state index is 0.221. The predicted molar refractivity (Wildman–Crippen MR) is 195 cm³/mol. The van der Waals surface area contributed by atoms with E-state index in [1.165, 1.54) is 41.0 Å². The summed E-state index contributed by atoms with van der Waals surface area (Å²) >= 11 is 0. The van der Waals surface area contributed by atoms with Gasteiger partial charge >= 0.3 is 0 Å². The zero-order chi connectivity index (χ0) is 33.9. The van der Waals surface area contributed by atoms with E-state index in [-0.39, 0.29) is 10.8 Å². The Kier molecular flexibility index (Phi) is 8.44. The maximum Gasteiger partial charge on any atom is 0.269 e. The highest BCUT2D eigenvalue weighted by Gasteiger charge is 2.31. The molecule has 9 heteroatoms. The molecule has 0 amide bonds. The van der Waals surface area contributed by atoms with Crippen molar-refractivity contribution in [3.8, 4) is 22.3 Å². The van der Waals surface area contributed by atoms with E-state index in [0.717, 1.165) is 71.4 Å². The largest absolute Gasteiger partial charge is 0.388 e. The highest BCUT2D eigenvalue weighted by Crippen LogP contribution is 2.37. The Bertz CT molecular complexity index is 2090. The Hall–Kier alpha value is -3.86. The van der Waals surface area contributed by atoms with Crippen LogP contribution in [0.25, 0.3) is 33.3 Å². The molecule has 254 valence electrons. The lowest BCUT2D eigenvalue weighted by Gasteiger charge is -2.39. The first-order valence-electron chi connectivity index (χ1n) is 17.5. The van der Waals surface area contributed by atoms with E-state index in [0.29, 0.717) is 11.7 Å². The van der Waals surface area contributed by atoms with Crippen LogP contribution in [0, 0.1) is 12.8 Å². The molecule has 0 saturated carbocycles. The summed E-state index contributed by atoms with van der Waals surface area (Å²) in [5.41, 5.74) is 8.76. The Morgan fingerprint density at radius 1 is 0.816 bits per heavy atom. The van der Waals surface area contributed by atoms with Crippen molar-refractivity contribution in [1.82, 2.24) is 23.7 Å². The van der Waals surface area contributed by atoms with Crippen LogP contribution in [0.5, 0.6) is 0 Å². The molecule has 3 aromatic carbocycles. The highest BCUT2D eigenvalue weighted by atomic mass is 32.2. The number of rotatable bonds is 7. The van der Waals surface area contributed by atoms with E-state index in [1.807, 2.05) is 43.3 Å². The van der Waals surface area contributed by atoms with Crippen molar-refractivity contribution in [1.29, 1.82) is 0 Å². The van der Waals surface area contributed by atoms with Crippen LogP contribution in [0.1, 0.15) is 41.2 Å². The van der Waals surface area contributed by atoms with E-state index in [4.69, 9.17) is 4.98 Å². The molecule has 3 aliphatic heterocycles. The first-order chi connectivity index (χ1) is 23.6. The zero-order valence-corrected chi connectivity index (χ0v) is 29.4. The molecular formula is C40H45N5O3S. The van der Waals surface area contributed by atoms with Gasteiger partial charge in [-0.05, 0) is 99.4 Å². The average molecular weight is 676 g/mol. The lowest BCUT2D eigenvalue weighted by atomic mass is 9.89. The zero-order valence-electron chi connectivity index (χ0n) is 28.6. The van der Waals surface area contributed by atoms with Gasteiger partial charge in [-0.3, -0.25) is 4.90 Å². The van der Waals surface area contributed by atoms with E-state index >= 15 is 0 Å². The standard InChI is InChI=1S/C40H45N5O3S/c1-27-4-12-36(13-5-27)49(47,48)45-26-38(28-6-8-29(9-7-28)39(46)34-23-43(3)24-34)37-21-33(22-41-40(37)45)30-10-11-32-25-44(19-14-31(32)20-30)35-15-17-42(2)18-16-35/h4-13,20-22,26,34-35,39,46H,14-19,23-25H2,1-3H3. The fourth-order valence-electron chi connectivity index (χ4n) is 7.98. The highest BCUT2D eigenvalue weighted by molar-refractivity contribution is 7.90. The van der Waals surface area contributed by atoms with Crippen molar-refractivity contribution < 1.29 is 13.5 Å². The molecule has 0 aliphatic carbocycles. The summed E-state index contributed by atoms with van der Waals surface area (Å²) in [6.45, 7) is 8.11. The van der Waals surface area contributed by atoms with Crippen LogP contribution >= 0.6 is 0 Å². The Labute approximate surface area is 289 Å². The lowest BCUT2D eigenvalue weighted by molar-refractivity contribution is 0.00901. The van der Waals surface area contributed by atoms with Gasteiger partial charge in [0.05, 0.1) is 11.0 Å². The fraction of sp³-hybridized carbons (Fsp3) is 0.375. The van der Waals surface area contributed by atoms with Gasteiger partial charge in [-0.25, -0.2) is 17.4 Å². The molecular weight excluding hydrogens is 631 g/mol. The van der Waals surface area contributed by atoms with E-state index < -0.39 is 16.1 Å². The smallest absolute Gasteiger partial charge is 0.269 e. The van der Waals surface area contributed by atoms with Crippen molar-refractivity contribution in [2.24, 2.45) is 5.92 Å². The molecule has 8 nitrogen and oxygen atoms in total. The first-order valence-corrected chi connectivity index (χ1v) is 18.9. The van der Waals surface area contributed by atoms with Gasteiger partial charge in [0.2, 0.25) is 0 Å². The second-order valence-corrected chi connectivity index (χ2v) is 16.4. The van der Waals surface area contributed by atoms with E-state index in [9.17, 15) is 13.5 Å². The summed E-state index contributed by atoms with van der Waals surface area (Å²) in [6.07, 6.45) is 6.47. The van der Waals surface area contributed by atoms with Crippen molar-refractivity contribution in [2.45, 2.75) is 49.8 Å². The van der Waals surface area contributed by atoms with Crippen LogP contribution in [0.2, 0.25) is 0 Å². The topological polar surface area (TPSA) is 81.9 Å². The molecule has 0 bridgehead atoms. The van der Waals surface area contributed by atoms with Gasteiger partial charge in [-0.15, -0.1) is 0 Å². The number of likely N-dealkylation sites (tertiary alicyclic amines) is 2. The number of hydrogen-bond acceptors (Lipinski definition) is 7. The molecule has 2 aromatic heterocycles. The molecule has 8 rings (SSSR count). The number of aromatic nitrogens is 2. The van der Waals surface area contributed by atoms with Crippen molar-refractivity contribution in [2.75, 3.05) is 46.8 Å². The van der Waals surface area contributed by atoms with Crippen molar-refractivity contribution >= 4 is 21.1 Å². The monoisotopic (exact) mass is 675 g/mol. The third kappa shape index (κ3) is 6.12. The number of aliphatic hydroxyl groups is 1. The Balaban J connectivity index is 1.15. The minimum Gasteiger partial charge on any atom is -0.388 e. The first kappa shape index (κ1) is 32.4. The molecule has 3 aliphatic rings. The summed E-state index contributed by atoms with van der Waals surface area (Å²) in [6, 6.07) is 24.3. The number of aliphatic hydroxyl groups excluding tert-OH is 1. The van der Waals surface area contributed by atoms with Gasteiger partial charge in [0.1, 0.15) is 0 Å². The number of nitrogens with zero attached hydrogens (tertiary/aromatic N) is 5. The molecule has 2 saturated heterocycles. The molecule has 0 spiro atoms. The minimum atomic E-state index is -3.91. The van der Waals surface area contributed by atoms with Crippen molar-refractivity contribution in [3.63, 3.8) is 0 Å². The average Bonchev–Trinajstić information content (AvgIpc) is 3.50. The van der Waals surface area contributed by atoms with Crippen LogP contribution in [0.4, 0.5) is 0 Å². The summed E-state index contributed by atoms with van der Waals surface area (Å²) in [5, 5.41) is 11.7. The second kappa shape index (κ2) is 12.8. The van der Waals surface area contributed by atoms with Crippen molar-refractivity contribution in [3.05, 3.63) is 107 Å². The molecule has 5 aromatic rings. The fourth-order valence-corrected chi connectivity index (χ4v) is 9.30. The number of hydrogen-bond donors (Lipinski definition) is 1. The summed E-state index contributed by atoms with van der Waals surface area (Å²) < 4.78 is 29.4. The van der Waals surface area contributed by atoms with Crippen LogP contribution in [0.3, 0.4) is 0 Å². The molecule has 5 heterocycles. The van der Waals surface area contributed by atoms with Crippen LogP contribution < -0.4 is 0 Å². The van der Waals surface area contributed by atoms with E-state index in [1.54, 1.807) is 24.5 Å². The Morgan fingerprint density at radius 3 is 2.24 bits per heavy atom. The molecule has 1 atom stereocenters. The third-order valence-corrected chi connectivity index (χ3v) is 12.7.